The van der Waals surface area contributed by atoms with Gasteiger partial charge in [0.1, 0.15) is 11.6 Å². The number of anilines is 1. The number of carbonyl (C=O) groups excluding carboxylic acids is 2. The van der Waals surface area contributed by atoms with Crippen LogP contribution in [-0.4, -0.2) is 25.5 Å². The van der Waals surface area contributed by atoms with E-state index in [2.05, 4.69) is 29.8 Å². The van der Waals surface area contributed by atoms with Gasteiger partial charge in [0.25, 0.3) is 0 Å². The van der Waals surface area contributed by atoms with Crippen molar-refractivity contribution in [2.75, 3.05) is 18.6 Å². The van der Waals surface area contributed by atoms with E-state index in [1.807, 2.05) is 40.6 Å². The van der Waals surface area contributed by atoms with Gasteiger partial charge >= 0.3 is 5.97 Å². The van der Waals surface area contributed by atoms with Crippen LogP contribution in [0.1, 0.15) is 44.4 Å². The number of halogens is 1. The van der Waals surface area contributed by atoms with Crippen molar-refractivity contribution >= 4 is 44.7 Å². The van der Waals surface area contributed by atoms with Gasteiger partial charge in [0.2, 0.25) is 0 Å². The summed E-state index contributed by atoms with van der Waals surface area (Å²) in [5, 5.41) is 1.95. The number of Topliss-reactive ketones (excluding diaryl/α,β-unsaturated/α-hetero) is 1. The molecule has 0 radical (unpaired) electrons. The highest BCUT2D eigenvalue weighted by atomic mass is 79.9. The van der Waals surface area contributed by atoms with Gasteiger partial charge in [0.15, 0.2) is 5.78 Å². The van der Waals surface area contributed by atoms with Crippen LogP contribution in [0, 0.1) is 5.41 Å². The molecule has 4 rings (SSSR count). The number of nitrogens with zero attached hydrogens (tertiary/aromatic N) is 1. The van der Waals surface area contributed by atoms with Gasteiger partial charge in [-0.25, -0.2) is 4.79 Å². The molecule has 1 aliphatic heterocycles. The molecule has 8 heteroatoms. The summed E-state index contributed by atoms with van der Waals surface area (Å²) in [5.41, 5.74) is 9.04. The first-order valence-corrected chi connectivity index (χ1v) is 12.4. The number of hydrogen-bond acceptors (Lipinski definition) is 7. The lowest BCUT2D eigenvalue weighted by molar-refractivity contribution is -0.138. The van der Waals surface area contributed by atoms with Crippen molar-refractivity contribution in [2.24, 2.45) is 11.1 Å². The van der Waals surface area contributed by atoms with E-state index in [-0.39, 0.29) is 23.6 Å². The number of nitrogens with two attached hydrogens (primary N) is 1. The van der Waals surface area contributed by atoms with Crippen LogP contribution in [0.15, 0.2) is 62.8 Å². The summed E-state index contributed by atoms with van der Waals surface area (Å²) in [5.74, 6) is -0.0406. The summed E-state index contributed by atoms with van der Waals surface area (Å²) in [6.07, 6.45) is 1.06. The number of methoxy groups -OCH3 is 1. The average molecular weight is 531 g/mol. The molecule has 1 aliphatic carbocycles. The summed E-state index contributed by atoms with van der Waals surface area (Å²) >= 11 is 5.00. The molecule has 2 heterocycles. The molecule has 1 aromatic heterocycles. The maximum absolute atomic E-state index is 13.6. The third kappa shape index (κ3) is 4.34. The van der Waals surface area contributed by atoms with Crippen LogP contribution in [0.5, 0.6) is 5.75 Å². The number of benzene rings is 1. The van der Waals surface area contributed by atoms with Crippen LogP contribution in [0.2, 0.25) is 0 Å². The summed E-state index contributed by atoms with van der Waals surface area (Å²) in [6.45, 7) is 6.14. The van der Waals surface area contributed by atoms with Crippen LogP contribution in [0.25, 0.3) is 0 Å². The van der Waals surface area contributed by atoms with Crippen molar-refractivity contribution in [3.05, 3.63) is 67.7 Å². The number of ether oxygens (including phenoxy) is 2. The molecule has 0 bridgehead atoms. The third-order valence-corrected chi connectivity index (χ3v) is 7.72. The Bertz CT molecular complexity index is 1160. The van der Waals surface area contributed by atoms with Gasteiger partial charge in [0, 0.05) is 38.1 Å². The molecule has 0 unspecified atom stereocenters. The third-order valence-electron chi connectivity index (χ3n) is 5.96. The van der Waals surface area contributed by atoms with Gasteiger partial charge in [-0.15, -0.1) is 11.3 Å². The standard InChI is InChI=1S/C25H27BrN2O4S/c1-5-32-24(30)22-21(19-10-14(26)13-33-19)20-17(11-25(2,3)12-18(20)29)28(23(22)27)15-6-8-16(31-4)9-7-15/h6-10,13,21H,5,11-12,27H2,1-4H3/t21-/m1/s1. The minimum absolute atomic E-state index is 0.0311. The van der Waals surface area contributed by atoms with E-state index in [0.29, 0.717) is 29.7 Å². The Morgan fingerprint density at radius 2 is 1.97 bits per heavy atom. The second-order valence-electron chi connectivity index (χ2n) is 8.95. The number of thiophene rings is 1. The molecule has 0 saturated carbocycles. The topological polar surface area (TPSA) is 81.9 Å². The van der Waals surface area contributed by atoms with Gasteiger partial charge in [-0.2, -0.15) is 0 Å². The zero-order chi connectivity index (χ0) is 23.9. The van der Waals surface area contributed by atoms with Gasteiger partial charge in [-0.1, -0.05) is 13.8 Å². The zero-order valence-electron chi connectivity index (χ0n) is 19.1. The first kappa shape index (κ1) is 23.6. The van der Waals surface area contributed by atoms with Gasteiger partial charge in [-0.05, 0) is 65.0 Å². The van der Waals surface area contributed by atoms with Gasteiger partial charge < -0.3 is 15.2 Å². The molecule has 0 fully saturated rings. The molecule has 2 N–H and O–H groups in total. The summed E-state index contributed by atoms with van der Waals surface area (Å²) in [4.78, 5) is 29.6. The predicted molar refractivity (Wildman–Crippen MR) is 133 cm³/mol. The number of hydrogen-bond donors (Lipinski definition) is 1. The average Bonchev–Trinajstić information content (AvgIpc) is 3.18. The summed E-state index contributed by atoms with van der Waals surface area (Å²) < 4.78 is 11.6. The fourth-order valence-corrected chi connectivity index (χ4v) is 6.17. The monoisotopic (exact) mass is 530 g/mol. The van der Waals surface area contributed by atoms with E-state index >= 15 is 0 Å². The SMILES string of the molecule is CCOC(=O)C1=C(N)N(c2ccc(OC)cc2)C2=C(C(=O)CC(C)(C)C2)[C@H]1c1cc(Br)cs1. The summed E-state index contributed by atoms with van der Waals surface area (Å²) in [6, 6.07) is 9.39. The van der Waals surface area contributed by atoms with Crippen molar-refractivity contribution in [3.8, 4) is 5.75 Å². The van der Waals surface area contributed by atoms with Crippen molar-refractivity contribution < 1.29 is 19.1 Å². The molecule has 0 amide bonds. The van der Waals surface area contributed by atoms with E-state index in [1.54, 1.807) is 14.0 Å². The first-order chi connectivity index (χ1) is 15.7. The van der Waals surface area contributed by atoms with E-state index < -0.39 is 11.9 Å². The highest BCUT2D eigenvalue weighted by Gasteiger charge is 2.47. The van der Waals surface area contributed by atoms with E-state index in [9.17, 15) is 9.59 Å². The zero-order valence-corrected chi connectivity index (χ0v) is 21.5. The van der Waals surface area contributed by atoms with Gasteiger partial charge in [-0.3, -0.25) is 9.69 Å². The number of allylic oxidation sites excluding steroid dienone is 2. The smallest absolute Gasteiger partial charge is 0.338 e. The summed E-state index contributed by atoms with van der Waals surface area (Å²) in [7, 11) is 1.61. The van der Waals surface area contributed by atoms with Crippen LogP contribution in [-0.2, 0) is 14.3 Å². The minimum Gasteiger partial charge on any atom is -0.497 e. The van der Waals surface area contributed by atoms with Crippen LogP contribution < -0.4 is 15.4 Å². The predicted octanol–water partition coefficient (Wildman–Crippen LogP) is 5.50. The Morgan fingerprint density at radius 3 is 2.55 bits per heavy atom. The Labute approximate surface area is 206 Å². The molecule has 1 aromatic carbocycles. The molecule has 0 spiro atoms. The molecule has 2 aliphatic rings. The lowest BCUT2D eigenvalue weighted by Gasteiger charge is -2.44. The van der Waals surface area contributed by atoms with Crippen LogP contribution in [0.3, 0.4) is 0 Å². The highest BCUT2D eigenvalue weighted by molar-refractivity contribution is 9.10. The number of ketones is 1. The van der Waals surface area contributed by atoms with Crippen molar-refractivity contribution in [1.82, 2.24) is 0 Å². The van der Waals surface area contributed by atoms with E-state index in [1.165, 1.54) is 11.3 Å². The van der Waals surface area contributed by atoms with Crippen LogP contribution in [0.4, 0.5) is 5.69 Å². The first-order valence-electron chi connectivity index (χ1n) is 10.8. The molecule has 2 aromatic rings. The minimum atomic E-state index is -0.562. The van der Waals surface area contributed by atoms with E-state index in [4.69, 9.17) is 15.2 Å². The van der Waals surface area contributed by atoms with E-state index in [0.717, 1.165) is 20.7 Å². The maximum Gasteiger partial charge on any atom is 0.338 e. The van der Waals surface area contributed by atoms with Crippen molar-refractivity contribution in [2.45, 2.75) is 39.5 Å². The maximum atomic E-state index is 13.6. The molecule has 174 valence electrons. The fourth-order valence-electron chi connectivity index (χ4n) is 4.61. The van der Waals surface area contributed by atoms with Crippen LogP contribution >= 0.6 is 27.3 Å². The number of rotatable bonds is 5. The number of carbonyl (C=O) groups is 2. The second kappa shape index (κ2) is 8.99. The largest absolute Gasteiger partial charge is 0.497 e. The Balaban J connectivity index is 1.99. The lowest BCUT2D eigenvalue weighted by Crippen LogP contribution is -2.43. The Kier molecular flexibility index (Phi) is 6.42. The molecular formula is C25H27BrN2O4S. The number of esters is 1. The normalized spacial score (nSPS) is 20.1. The lowest BCUT2D eigenvalue weighted by atomic mass is 9.69. The Hall–Kier alpha value is -2.58. The highest BCUT2D eigenvalue weighted by Crippen LogP contribution is 2.51. The molecule has 33 heavy (non-hydrogen) atoms. The fraction of sp³-hybridized carbons (Fsp3) is 0.360. The quantitative estimate of drug-likeness (QED) is 0.514. The molecule has 0 saturated heterocycles. The van der Waals surface area contributed by atoms with Crippen molar-refractivity contribution in [3.63, 3.8) is 0 Å². The molecule has 6 nitrogen and oxygen atoms in total. The Morgan fingerprint density at radius 1 is 1.27 bits per heavy atom. The molecule has 1 atom stereocenters. The molecular weight excluding hydrogens is 504 g/mol. The van der Waals surface area contributed by atoms with Crippen molar-refractivity contribution in [1.29, 1.82) is 0 Å². The second-order valence-corrected chi connectivity index (χ2v) is 10.8. The van der Waals surface area contributed by atoms with Gasteiger partial charge in [0.05, 0.1) is 25.2 Å².